The molecule has 2 fully saturated rings. The second-order valence-corrected chi connectivity index (χ2v) is 7.95. The van der Waals surface area contributed by atoms with Gasteiger partial charge in [0.15, 0.2) is 0 Å². The zero-order valence-corrected chi connectivity index (χ0v) is 12.7. The van der Waals surface area contributed by atoms with Crippen molar-refractivity contribution in [3.63, 3.8) is 0 Å². The van der Waals surface area contributed by atoms with E-state index in [0.29, 0.717) is 12.5 Å². The molecule has 2 rings (SSSR count). The molecule has 0 aromatic carbocycles. The van der Waals surface area contributed by atoms with E-state index < -0.39 is 10.0 Å². The van der Waals surface area contributed by atoms with Gasteiger partial charge >= 0.3 is 0 Å². The van der Waals surface area contributed by atoms with E-state index in [2.05, 4.69) is 14.9 Å². The molecule has 19 heavy (non-hydrogen) atoms. The summed E-state index contributed by atoms with van der Waals surface area (Å²) in [6.45, 7) is 8.08. The van der Waals surface area contributed by atoms with Crippen molar-refractivity contribution in [2.75, 3.05) is 45.0 Å². The first kappa shape index (κ1) is 15.2. The largest absolute Gasteiger partial charge is 0.316 e. The maximum Gasteiger partial charge on any atom is 0.211 e. The summed E-state index contributed by atoms with van der Waals surface area (Å²) in [5.41, 5.74) is 0. The summed E-state index contributed by atoms with van der Waals surface area (Å²) in [6, 6.07) is 0. The van der Waals surface area contributed by atoms with Gasteiger partial charge in [-0.05, 0) is 64.2 Å². The molecular weight excluding hydrogens is 262 g/mol. The lowest BCUT2D eigenvalue weighted by atomic mass is 9.96. The Labute approximate surface area is 117 Å². The molecule has 1 unspecified atom stereocenters. The van der Waals surface area contributed by atoms with Crippen LogP contribution >= 0.6 is 0 Å². The van der Waals surface area contributed by atoms with E-state index in [1.54, 1.807) is 6.92 Å². The second kappa shape index (κ2) is 7.02. The smallest absolute Gasteiger partial charge is 0.211 e. The van der Waals surface area contributed by atoms with Crippen LogP contribution in [0.25, 0.3) is 0 Å². The Morgan fingerprint density at radius 2 is 1.95 bits per heavy atom. The zero-order valence-electron chi connectivity index (χ0n) is 11.9. The van der Waals surface area contributed by atoms with Gasteiger partial charge in [0, 0.05) is 13.1 Å². The monoisotopic (exact) mass is 289 g/mol. The molecule has 0 radical (unpaired) electrons. The van der Waals surface area contributed by atoms with Crippen LogP contribution in [0.4, 0.5) is 0 Å². The molecule has 1 atom stereocenters. The first-order valence-electron chi connectivity index (χ1n) is 7.49. The Balaban J connectivity index is 1.64. The van der Waals surface area contributed by atoms with E-state index in [1.807, 2.05) is 0 Å². The summed E-state index contributed by atoms with van der Waals surface area (Å²) in [4.78, 5) is 2.54. The van der Waals surface area contributed by atoms with Gasteiger partial charge in [0.2, 0.25) is 10.0 Å². The normalized spacial score (nSPS) is 26.9. The molecule has 0 aromatic heterocycles. The highest BCUT2D eigenvalue weighted by atomic mass is 32.2. The van der Waals surface area contributed by atoms with Crippen LogP contribution in [0.1, 0.15) is 26.2 Å². The van der Waals surface area contributed by atoms with E-state index >= 15 is 0 Å². The second-order valence-electron chi connectivity index (χ2n) is 5.85. The minimum absolute atomic E-state index is 0.181. The van der Waals surface area contributed by atoms with Gasteiger partial charge < -0.3 is 10.2 Å². The fourth-order valence-corrected chi connectivity index (χ4v) is 3.65. The van der Waals surface area contributed by atoms with Crippen molar-refractivity contribution in [1.29, 1.82) is 0 Å². The third-order valence-corrected chi connectivity index (χ3v) is 5.72. The van der Waals surface area contributed by atoms with Gasteiger partial charge in [0.05, 0.1) is 5.75 Å². The molecule has 6 heteroatoms. The van der Waals surface area contributed by atoms with E-state index in [0.717, 1.165) is 38.4 Å². The van der Waals surface area contributed by atoms with Crippen molar-refractivity contribution in [3.8, 4) is 0 Å². The molecule has 2 heterocycles. The predicted molar refractivity (Wildman–Crippen MR) is 77.6 cm³/mol. The number of piperidine rings is 1. The third kappa shape index (κ3) is 5.02. The summed E-state index contributed by atoms with van der Waals surface area (Å²) in [6.07, 6.45) is 3.54. The quantitative estimate of drug-likeness (QED) is 0.736. The molecule has 0 saturated carbocycles. The van der Waals surface area contributed by atoms with E-state index in [9.17, 15) is 8.42 Å². The summed E-state index contributed by atoms with van der Waals surface area (Å²) in [7, 11) is -3.02. The van der Waals surface area contributed by atoms with Gasteiger partial charge in [0.1, 0.15) is 0 Å². The van der Waals surface area contributed by atoms with Crippen molar-refractivity contribution in [1.82, 2.24) is 14.9 Å². The van der Waals surface area contributed by atoms with Gasteiger partial charge in [-0.25, -0.2) is 13.1 Å². The average Bonchev–Trinajstić information content (AvgIpc) is 2.91. The van der Waals surface area contributed by atoms with Crippen LogP contribution in [-0.4, -0.2) is 58.3 Å². The molecule has 0 bridgehead atoms. The highest BCUT2D eigenvalue weighted by molar-refractivity contribution is 7.89. The zero-order chi connectivity index (χ0) is 13.7. The van der Waals surface area contributed by atoms with Gasteiger partial charge in [0.25, 0.3) is 0 Å². The van der Waals surface area contributed by atoms with Crippen molar-refractivity contribution in [3.05, 3.63) is 0 Å². The van der Waals surface area contributed by atoms with Crippen LogP contribution in [-0.2, 0) is 10.0 Å². The maximum atomic E-state index is 11.4. The van der Waals surface area contributed by atoms with Crippen molar-refractivity contribution >= 4 is 10.0 Å². The number of likely N-dealkylation sites (tertiary alicyclic amines) is 1. The SMILES string of the molecule is CCS(=O)(=O)NCC1CCN(CC2CCNC2)CC1. The minimum atomic E-state index is -3.02. The summed E-state index contributed by atoms with van der Waals surface area (Å²) in [5.74, 6) is 1.51. The van der Waals surface area contributed by atoms with Gasteiger partial charge in [-0.3, -0.25) is 0 Å². The number of hydrogen-bond donors (Lipinski definition) is 2. The Hall–Kier alpha value is -0.170. The first-order chi connectivity index (χ1) is 9.09. The summed E-state index contributed by atoms with van der Waals surface area (Å²) in [5, 5.41) is 3.41. The lowest BCUT2D eigenvalue weighted by molar-refractivity contribution is 0.165. The van der Waals surface area contributed by atoms with Gasteiger partial charge in [-0.2, -0.15) is 0 Å². The summed E-state index contributed by atoms with van der Waals surface area (Å²) >= 11 is 0. The van der Waals surface area contributed by atoms with Crippen molar-refractivity contribution in [2.45, 2.75) is 26.2 Å². The fraction of sp³-hybridized carbons (Fsp3) is 1.00. The Bertz CT molecular complexity index is 358. The molecule has 112 valence electrons. The summed E-state index contributed by atoms with van der Waals surface area (Å²) < 4.78 is 25.5. The van der Waals surface area contributed by atoms with E-state index in [4.69, 9.17) is 0 Å². The van der Waals surface area contributed by atoms with Gasteiger partial charge in [-0.15, -0.1) is 0 Å². The van der Waals surface area contributed by atoms with Crippen molar-refractivity contribution in [2.24, 2.45) is 11.8 Å². The molecule has 2 aliphatic rings. The predicted octanol–water partition coefficient (Wildman–Crippen LogP) is 0.247. The lowest BCUT2D eigenvalue weighted by Crippen LogP contribution is -2.41. The lowest BCUT2D eigenvalue weighted by Gasteiger charge is -2.33. The van der Waals surface area contributed by atoms with Gasteiger partial charge in [-0.1, -0.05) is 0 Å². The molecule has 5 nitrogen and oxygen atoms in total. The standard InChI is InChI=1S/C13H27N3O2S/c1-2-19(17,18)15-10-12-4-7-16(8-5-12)11-13-3-6-14-9-13/h12-15H,2-11H2,1H3. The molecule has 2 aliphatic heterocycles. The molecule has 0 amide bonds. The fourth-order valence-electron chi connectivity index (χ4n) is 2.96. The minimum Gasteiger partial charge on any atom is -0.316 e. The van der Waals surface area contributed by atoms with Crippen molar-refractivity contribution < 1.29 is 8.42 Å². The topological polar surface area (TPSA) is 61.4 Å². The molecular formula is C13H27N3O2S. The highest BCUT2D eigenvalue weighted by Crippen LogP contribution is 2.19. The number of sulfonamides is 1. The Morgan fingerprint density at radius 1 is 1.21 bits per heavy atom. The van der Waals surface area contributed by atoms with Crippen LogP contribution in [0, 0.1) is 11.8 Å². The molecule has 0 aliphatic carbocycles. The van der Waals surface area contributed by atoms with Crippen LogP contribution in [0.2, 0.25) is 0 Å². The molecule has 0 aromatic rings. The number of rotatable bonds is 6. The van der Waals surface area contributed by atoms with E-state index in [-0.39, 0.29) is 5.75 Å². The van der Waals surface area contributed by atoms with E-state index in [1.165, 1.54) is 19.5 Å². The van der Waals surface area contributed by atoms with Crippen LogP contribution in [0.5, 0.6) is 0 Å². The van der Waals surface area contributed by atoms with Crippen LogP contribution < -0.4 is 10.0 Å². The number of nitrogens with one attached hydrogen (secondary N) is 2. The highest BCUT2D eigenvalue weighted by Gasteiger charge is 2.23. The molecule has 2 N–H and O–H groups in total. The first-order valence-corrected chi connectivity index (χ1v) is 9.14. The number of nitrogens with zero attached hydrogens (tertiary/aromatic N) is 1. The van der Waals surface area contributed by atoms with Crippen LogP contribution in [0.3, 0.4) is 0 Å². The number of hydrogen-bond acceptors (Lipinski definition) is 4. The average molecular weight is 289 g/mol. The Kier molecular flexibility index (Phi) is 5.62. The molecule has 0 spiro atoms. The molecule has 2 saturated heterocycles. The maximum absolute atomic E-state index is 11.4. The Morgan fingerprint density at radius 3 is 2.53 bits per heavy atom. The third-order valence-electron chi connectivity index (χ3n) is 4.36. The van der Waals surface area contributed by atoms with Crippen LogP contribution in [0.15, 0.2) is 0 Å².